The summed E-state index contributed by atoms with van der Waals surface area (Å²) in [6.45, 7) is 9.52. The van der Waals surface area contributed by atoms with Crippen LogP contribution >= 0.6 is 0 Å². The van der Waals surface area contributed by atoms with Crippen molar-refractivity contribution in [2.75, 3.05) is 30.8 Å². The number of anilines is 1. The molecule has 1 aliphatic rings. The average Bonchev–Trinajstić information content (AvgIpc) is 2.71. The van der Waals surface area contributed by atoms with Crippen LogP contribution in [0.5, 0.6) is 5.75 Å². The van der Waals surface area contributed by atoms with Crippen LogP contribution in [-0.2, 0) is 21.2 Å². The van der Waals surface area contributed by atoms with Crippen molar-refractivity contribution in [3.05, 3.63) is 42.2 Å². The molecule has 1 fully saturated rings. The minimum absolute atomic E-state index is 0.0383. The normalized spacial score (nSPS) is 17.2. The van der Waals surface area contributed by atoms with Gasteiger partial charge in [0.1, 0.15) is 12.2 Å². The van der Waals surface area contributed by atoms with Crippen LogP contribution in [-0.4, -0.2) is 66.9 Å². The maximum absolute atomic E-state index is 12.3. The standard InChI is InChI=1S/C22H30N4O5S/c1-16-14-25(21(27)31-22(2,3)4)10-11-26(16)20-23-12-18(13-24-20)30-15-17-6-8-19(9-7-17)32(5,28)29/h6-9,12-13,16H,10-11,14-15H2,1-5H3. The highest BCUT2D eigenvalue weighted by molar-refractivity contribution is 7.90. The van der Waals surface area contributed by atoms with Crippen LogP contribution < -0.4 is 9.64 Å². The SMILES string of the molecule is CC1CN(C(=O)OC(C)(C)C)CCN1c1ncc(OCc2ccc(S(C)(=O)=O)cc2)cn1. The number of benzene rings is 1. The molecule has 1 aromatic heterocycles. The number of hydrogen-bond acceptors (Lipinski definition) is 8. The average molecular weight is 463 g/mol. The number of carbonyl (C=O) groups is 1. The molecule has 2 heterocycles. The van der Waals surface area contributed by atoms with E-state index in [0.717, 1.165) is 5.56 Å². The van der Waals surface area contributed by atoms with Gasteiger partial charge in [-0.25, -0.2) is 23.2 Å². The van der Waals surface area contributed by atoms with Crippen molar-refractivity contribution in [1.82, 2.24) is 14.9 Å². The number of carbonyl (C=O) groups excluding carboxylic acids is 1. The highest BCUT2D eigenvalue weighted by atomic mass is 32.2. The smallest absolute Gasteiger partial charge is 0.410 e. The van der Waals surface area contributed by atoms with Crippen molar-refractivity contribution in [2.24, 2.45) is 0 Å². The lowest BCUT2D eigenvalue weighted by Crippen LogP contribution is -2.55. The summed E-state index contributed by atoms with van der Waals surface area (Å²) in [6, 6.07) is 6.60. The third-order valence-electron chi connectivity index (χ3n) is 4.91. The summed E-state index contributed by atoms with van der Waals surface area (Å²) in [5.74, 6) is 1.09. The third kappa shape index (κ3) is 6.32. The second-order valence-corrected chi connectivity index (χ2v) is 10.9. The molecule has 0 spiro atoms. The molecule has 1 unspecified atom stereocenters. The Labute approximate surface area is 189 Å². The van der Waals surface area contributed by atoms with Crippen LogP contribution in [0.25, 0.3) is 0 Å². The first-order valence-corrected chi connectivity index (χ1v) is 12.3. The molecule has 10 heteroatoms. The minimum Gasteiger partial charge on any atom is -0.486 e. The molecule has 0 bridgehead atoms. The van der Waals surface area contributed by atoms with Gasteiger partial charge in [-0.1, -0.05) is 12.1 Å². The van der Waals surface area contributed by atoms with Crippen molar-refractivity contribution >= 4 is 21.9 Å². The fourth-order valence-corrected chi connectivity index (χ4v) is 3.91. The minimum atomic E-state index is -3.22. The second-order valence-electron chi connectivity index (χ2n) is 8.89. The monoisotopic (exact) mass is 462 g/mol. The molecule has 2 aromatic rings. The van der Waals surface area contributed by atoms with E-state index in [1.165, 1.54) is 6.26 Å². The fraction of sp³-hybridized carbons (Fsp3) is 0.500. The molecule has 0 radical (unpaired) electrons. The molecule has 1 aromatic carbocycles. The maximum Gasteiger partial charge on any atom is 0.410 e. The predicted molar refractivity (Wildman–Crippen MR) is 121 cm³/mol. The van der Waals surface area contributed by atoms with E-state index >= 15 is 0 Å². The topological polar surface area (TPSA) is 102 Å². The lowest BCUT2D eigenvalue weighted by molar-refractivity contribution is 0.0218. The summed E-state index contributed by atoms with van der Waals surface area (Å²) in [6.07, 6.45) is 4.09. The first-order valence-electron chi connectivity index (χ1n) is 10.4. The van der Waals surface area contributed by atoms with Crippen molar-refractivity contribution in [2.45, 2.75) is 50.8 Å². The van der Waals surface area contributed by atoms with Gasteiger partial charge in [0, 0.05) is 31.9 Å². The molecule has 32 heavy (non-hydrogen) atoms. The van der Waals surface area contributed by atoms with Gasteiger partial charge in [-0.05, 0) is 45.4 Å². The lowest BCUT2D eigenvalue weighted by atomic mass is 10.2. The van der Waals surface area contributed by atoms with Gasteiger partial charge in [-0.2, -0.15) is 0 Å². The van der Waals surface area contributed by atoms with E-state index in [0.29, 0.717) is 31.3 Å². The highest BCUT2D eigenvalue weighted by Crippen LogP contribution is 2.20. The van der Waals surface area contributed by atoms with Crippen LogP contribution in [0.1, 0.15) is 33.3 Å². The van der Waals surface area contributed by atoms with Crippen molar-refractivity contribution < 1.29 is 22.7 Å². The summed E-state index contributed by atoms with van der Waals surface area (Å²) in [7, 11) is -3.22. The zero-order chi connectivity index (χ0) is 23.5. The van der Waals surface area contributed by atoms with E-state index in [9.17, 15) is 13.2 Å². The molecule has 0 aliphatic carbocycles. The van der Waals surface area contributed by atoms with E-state index in [1.807, 2.05) is 27.7 Å². The van der Waals surface area contributed by atoms with Crippen molar-refractivity contribution in [3.63, 3.8) is 0 Å². The van der Waals surface area contributed by atoms with E-state index in [2.05, 4.69) is 14.9 Å². The Hall–Kier alpha value is -2.88. The summed E-state index contributed by atoms with van der Waals surface area (Å²) in [4.78, 5) is 25.2. The van der Waals surface area contributed by atoms with Gasteiger partial charge in [0.05, 0.1) is 17.3 Å². The molecule has 1 atom stereocenters. The molecule has 9 nitrogen and oxygen atoms in total. The van der Waals surface area contributed by atoms with E-state index in [-0.39, 0.29) is 23.6 Å². The van der Waals surface area contributed by atoms with E-state index in [1.54, 1.807) is 41.6 Å². The van der Waals surface area contributed by atoms with Gasteiger partial charge in [0.25, 0.3) is 0 Å². The fourth-order valence-electron chi connectivity index (χ4n) is 3.28. The predicted octanol–water partition coefficient (Wildman–Crippen LogP) is 2.90. The first kappa shape index (κ1) is 23.8. The van der Waals surface area contributed by atoms with Crippen LogP contribution in [0.2, 0.25) is 0 Å². The molecule has 1 amide bonds. The zero-order valence-corrected chi connectivity index (χ0v) is 19.9. The number of ether oxygens (including phenoxy) is 2. The van der Waals surface area contributed by atoms with Gasteiger partial charge < -0.3 is 19.3 Å². The Kier molecular flexibility index (Phi) is 6.92. The molecule has 1 aliphatic heterocycles. The quantitative estimate of drug-likeness (QED) is 0.668. The maximum atomic E-state index is 12.3. The number of piperazine rings is 1. The number of amides is 1. The van der Waals surface area contributed by atoms with E-state index < -0.39 is 15.4 Å². The number of nitrogens with zero attached hydrogens (tertiary/aromatic N) is 4. The summed E-state index contributed by atoms with van der Waals surface area (Å²) in [5.41, 5.74) is 0.319. The second kappa shape index (κ2) is 9.32. The molecule has 0 N–H and O–H groups in total. The van der Waals surface area contributed by atoms with Gasteiger partial charge in [0.2, 0.25) is 5.95 Å². The largest absolute Gasteiger partial charge is 0.486 e. The van der Waals surface area contributed by atoms with Gasteiger partial charge >= 0.3 is 6.09 Å². The molecule has 1 saturated heterocycles. The van der Waals surface area contributed by atoms with Crippen LogP contribution in [0, 0.1) is 0 Å². The summed E-state index contributed by atoms with van der Waals surface area (Å²) < 4.78 is 34.3. The van der Waals surface area contributed by atoms with Crippen molar-refractivity contribution in [1.29, 1.82) is 0 Å². The van der Waals surface area contributed by atoms with Crippen LogP contribution in [0.4, 0.5) is 10.7 Å². The van der Waals surface area contributed by atoms with E-state index in [4.69, 9.17) is 9.47 Å². The van der Waals surface area contributed by atoms with Gasteiger partial charge in [0.15, 0.2) is 15.6 Å². The molecule has 174 valence electrons. The zero-order valence-electron chi connectivity index (χ0n) is 19.1. The third-order valence-corrected chi connectivity index (χ3v) is 6.04. The molecule has 3 rings (SSSR count). The highest BCUT2D eigenvalue weighted by Gasteiger charge is 2.30. The van der Waals surface area contributed by atoms with Crippen LogP contribution in [0.15, 0.2) is 41.6 Å². The Morgan fingerprint density at radius 2 is 1.75 bits per heavy atom. The Bertz CT molecular complexity index is 1030. The van der Waals surface area contributed by atoms with Gasteiger partial charge in [-0.3, -0.25) is 0 Å². The molecular weight excluding hydrogens is 432 g/mol. The number of aromatic nitrogens is 2. The first-order chi connectivity index (χ1) is 14.9. The Morgan fingerprint density at radius 1 is 1.12 bits per heavy atom. The van der Waals surface area contributed by atoms with Gasteiger partial charge in [-0.15, -0.1) is 0 Å². The summed E-state index contributed by atoms with van der Waals surface area (Å²) in [5, 5.41) is 0. The number of hydrogen-bond donors (Lipinski definition) is 0. The Morgan fingerprint density at radius 3 is 2.28 bits per heavy atom. The molecular formula is C22H30N4O5S. The lowest BCUT2D eigenvalue weighted by Gasteiger charge is -2.40. The molecule has 0 saturated carbocycles. The Balaban J connectivity index is 1.55. The van der Waals surface area contributed by atoms with Crippen LogP contribution in [0.3, 0.4) is 0 Å². The van der Waals surface area contributed by atoms with Crippen molar-refractivity contribution in [3.8, 4) is 5.75 Å². The number of sulfone groups is 1. The number of rotatable bonds is 5. The summed E-state index contributed by atoms with van der Waals surface area (Å²) >= 11 is 0.